The first-order chi connectivity index (χ1) is 6.49. The van der Waals surface area contributed by atoms with Crippen molar-refractivity contribution in [3.05, 3.63) is 22.8 Å². The molecule has 14 heavy (non-hydrogen) atoms. The molecule has 4 heteroatoms. The highest BCUT2D eigenvalue weighted by Gasteiger charge is 2.10. The summed E-state index contributed by atoms with van der Waals surface area (Å²) in [5, 5.41) is 0. The Hall–Kier alpha value is -0.870. The van der Waals surface area contributed by atoms with Crippen LogP contribution in [-0.2, 0) is 11.1 Å². The normalized spacial score (nSPS) is 12.6. The smallest absolute Gasteiger partial charge is 0.125 e. The first kappa shape index (κ1) is 11.2. The summed E-state index contributed by atoms with van der Waals surface area (Å²) in [7, 11) is 1.59. The molecule has 1 aromatic carbocycles. The summed E-state index contributed by atoms with van der Waals surface area (Å²) in [6.07, 6.45) is 0. The summed E-state index contributed by atoms with van der Waals surface area (Å²) in [6, 6.07) is 1.63. The van der Waals surface area contributed by atoms with Crippen LogP contribution in [0.1, 0.15) is 16.7 Å². The standard InChI is InChI=1S/C10H14O3S/c1-6-5-9(14(11)12)7(2)8(3)10(6)13-4/h5H,1-4H3,(H,11,12)/p-1. The van der Waals surface area contributed by atoms with Gasteiger partial charge in [0.25, 0.3) is 0 Å². The molecule has 0 bridgehead atoms. The van der Waals surface area contributed by atoms with Gasteiger partial charge in [-0.3, -0.25) is 4.21 Å². The lowest BCUT2D eigenvalue weighted by atomic mass is 10.1. The average molecular weight is 213 g/mol. The Kier molecular flexibility index (Phi) is 3.29. The molecule has 0 heterocycles. The Morgan fingerprint density at radius 3 is 2.29 bits per heavy atom. The Labute approximate surface area is 86.4 Å². The predicted octanol–water partition coefficient (Wildman–Crippen LogP) is 1.86. The van der Waals surface area contributed by atoms with Gasteiger partial charge in [0.2, 0.25) is 0 Å². The third kappa shape index (κ3) is 1.81. The molecule has 0 aliphatic rings. The van der Waals surface area contributed by atoms with Gasteiger partial charge in [-0.05, 0) is 54.6 Å². The van der Waals surface area contributed by atoms with Gasteiger partial charge in [-0.1, -0.05) is 0 Å². The molecule has 0 aliphatic carbocycles. The van der Waals surface area contributed by atoms with Crippen LogP contribution in [0.5, 0.6) is 5.75 Å². The minimum Gasteiger partial charge on any atom is -0.768 e. The summed E-state index contributed by atoms with van der Waals surface area (Å²) in [5.74, 6) is 0.761. The molecule has 78 valence electrons. The van der Waals surface area contributed by atoms with Crippen LogP contribution in [0.15, 0.2) is 11.0 Å². The van der Waals surface area contributed by atoms with E-state index in [1.165, 1.54) is 0 Å². The summed E-state index contributed by atoms with van der Waals surface area (Å²) in [5.41, 5.74) is 2.47. The zero-order valence-electron chi connectivity index (χ0n) is 8.71. The SMILES string of the molecule is COc1c(C)cc(S(=O)[O-])c(C)c1C. The lowest BCUT2D eigenvalue weighted by Gasteiger charge is -2.16. The van der Waals surface area contributed by atoms with Crippen molar-refractivity contribution < 1.29 is 13.5 Å². The monoisotopic (exact) mass is 213 g/mol. The highest BCUT2D eigenvalue weighted by Crippen LogP contribution is 2.29. The molecule has 0 saturated carbocycles. The Balaban J connectivity index is 3.47. The van der Waals surface area contributed by atoms with Crippen molar-refractivity contribution in [2.75, 3.05) is 7.11 Å². The molecule has 1 aromatic rings. The zero-order valence-corrected chi connectivity index (χ0v) is 9.53. The van der Waals surface area contributed by atoms with Crippen molar-refractivity contribution in [3.8, 4) is 5.75 Å². The molecule has 0 radical (unpaired) electrons. The van der Waals surface area contributed by atoms with E-state index in [0.29, 0.717) is 4.90 Å². The molecule has 0 N–H and O–H groups in total. The molecule has 0 amide bonds. The van der Waals surface area contributed by atoms with Crippen molar-refractivity contribution in [2.45, 2.75) is 25.7 Å². The summed E-state index contributed by atoms with van der Waals surface area (Å²) < 4.78 is 27.0. The van der Waals surface area contributed by atoms with E-state index in [-0.39, 0.29) is 0 Å². The first-order valence-electron chi connectivity index (χ1n) is 4.23. The van der Waals surface area contributed by atoms with E-state index in [1.807, 2.05) is 13.8 Å². The van der Waals surface area contributed by atoms with Crippen LogP contribution < -0.4 is 4.74 Å². The first-order valence-corrected chi connectivity index (χ1v) is 5.30. The van der Waals surface area contributed by atoms with Gasteiger partial charge in [0.05, 0.1) is 7.11 Å². The molecule has 3 nitrogen and oxygen atoms in total. The Morgan fingerprint density at radius 1 is 1.29 bits per heavy atom. The zero-order chi connectivity index (χ0) is 10.9. The van der Waals surface area contributed by atoms with Gasteiger partial charge < -0.3 is 9.29 Å². The van der Waals surface area contributed by atoms with Crippen LogP contribution in [0.4, 0.5) is 0 Å². The van der Waals surface area contributed by atoms with Crippen molar-refractivity contribution >= 4 is 11.1 Å². The molecular formula is C10H13O3S-. The largest absolute Gasteiger partial charge is 0.768 e. The van der Waals surface area contributed by atoms with Crippen molar-refractivity contribution in [2.24, 2.45) is 0 Å². The van der Waals surface area contributed by atoms with E-state index in [2.05, 4.69) is 0 Å². The average Bonchev–Trinajstić information content (AvgIpc) is 2.12. The van der Waals surface area contributed by atoms with Crippen molar-refractivity contribution in [1.29, 1.82) is 0 Å². The quantitative estimate of drug-likeness (QED) is 0.704. The molecule has 0 aromatic heterocycles. The van der Waals surface area contributed by atoms with Gasteiger partial charge in [0.15, 0.2) is 0 Å². The third-order valence-corrected chi connectivity index (χ3v) is 3.15. The van der Waals surface area contributed by atoms with Gasteiger partial charge in [0, 0.05) is 4.90 Å². The molecule has 0 fully saturated rings. The second-order valence-corrected chi connectivity index (χ2v) is 4.12. The van der Waals surface area contributed by atoms with Crippen LogP contribution >= 0.6 is 0 Å². The maximum absolute atomic E-state index is 10.9. The minimum absolute atomic E-state index is 0.348. The van der Waals surface area contributed by atoms with Crippen LogP contribution in [0.25, 0.3) is 0 Å². The maximum Gasteiger partial charge on any atom is 0.125 e. The second kappa shape index (κ2) is 4.11. The maximum atomic E-state index is 10.9. The van der Waals surface area contributed by atoms with Crippen molar-refractivity contribution in [1.82, 2.24) is 0 Å². The molecular weight excluding hydrogens is 200 g/mol. The number of benzene rings is 1. The molecule has 0 aliphatic heterocycles. The van der Waals surface area contributed by atoms with Crippen LogP contribution in [0.3, 0.4) is 0 Å². The van der Waals surface area contributed by atoms with Crippen molar-refractivity contribution in [3.63, 3.8) is 0 Å². The molecule has 0 saturated heterocycles. The van der Waals surface area contributed by atoms with Gasteiger partial charge in [0.1, 0.15) is 5.75 Å². The van der Waals surface area contributed by atoms with E-state index < -0.39 is 11.1 Å². The van der Waals surface area contributed by atoms with E-state index in [4.69, 9.17) is 4.74 Å². The number of methoxy groups -OCH3 is 1. The number of hydrogen-bond acceptors (Lipinski definition) is 3. The second-order valence-electron chi connectivity index (χ2n) is 3.21. The Bertz CT molecular complexity index is 385. The topological polar surface area (TPSA) is 49.4 Å². The summed E-state index contributed by atoms with van der Waals surface area (Å²) >= 11 is -2.18. The third-order valence-electron chi connectivity index (χ3n) is 2.36. The number of hydrogen-bond donors (Lipinski definition) is 0. The highest BCUT2D eigenvalue weighted by atomic mass is 32.2. The fourth-order valence-electron chi connectivity index (χ4n) is 1.51. The van der Waals surface area contributed by atoms with Gasteiger partial charge >= 0.3 is 0 Å². The van der Waals surface area contributed by atoms with Crippen LogP contribution in [0, 0.1) is 20.8 Å². The fourth-order valence-corrected chi connectivity index (χ4v) is 2.18. The highest BCUT2D eigenvalue weighted by molar-refractivity contribution is 7.79. The van der Waals surface area contributed by atoms with Crippen LogP contribution in [-0.4, -0.2) is 15.9 Å². The number of ether oxygens (including phenoxy) is 1. The summed E-state index contributed by atoms with van der Waals surface area (Å²) in [4.78, 5) is 0.348. The van der Waals surface area contributed by atoms with E-state index >= 15 is 0 Å². The molecule has 1 rings (SSSR count). The predicted molar refractivity (Wildman–Crippen MR) is 54.4 cm³/mol. The number of rotatable bonds is 2. The lowest BCUT2D eigenvalue weighted by molar-refractivity contribution is 0.407. The summed E-state index contributed by atoms with van der Waals surface area (Å²) in [6.45, 7) is 5.47. The van der Waals surface area contributed by atoms with Gasteiger partial charge in [-0.25, -0.2) is 0 Å². The van der Waals surface area contributed by atoms with E-state index in [0.717, 1.165) is 22.4 Å². The van der Waals surface area contributed by atoms with E-state index in [1.54, 1.807) is 20.1 Å². The fraction of sp³-hybridized carbons (Fsp3) is 0.400. The van der Waals surface area contributed by atoms with Crippen LogP contribution in [0.2, 0.25) is 0 Å². The number of aryl methyl sites for hydroxylation is 1. The molecule has 1 atom stereocenters. The minimum atomic E-state index is -2.18. The molecule has 1 unspecified atom stereocenters. The Morgan fingerprint density at radius 2 is 1.86 bits per heavy atom. The lowest BCUT2D eigenvalue weighted by Crippen LogP contribution is -2.00. The molecule has 0 spiro atoms. The van der Waals surface area contributed by atoms with Gasteiger partial charge in [-0.2, -0.15) is 0 Å². The van der Waals surface area contributed by atoms with E-state index in [9.17, 15) is 8.76 Å². The van der Waals surface area contributed by atoms with Gasteiger partial charge in [-0.15, -0.1) is 0 Å².